The number of rotatable bonds is 7. The van der Waals surface area contributed by atoms with Crippen LogP contribution in [0.5, 0.6) is 0 Å². The van der Waals surface area contributed by atoms with E-state index in [1.165, 1.54) is 18.2 Å². The molecule has 30 heavy (non-hydrogen) atoms. The molecule has 4 amide bonds. The van der Waals surface area contributed by atoms with E-state index in [-0.39, 0.29) is 16.5 Å². The van der Waals surface area contributed by atoms with Crippen LogP contribution in [0.1, 0.15) is 25.3 Å². The summed E-state index contributed by atoms with van der Waals surface area (Å²) in [6, 6.07) is 3.45. The highest BCUT2D eigenvalue weighted by Gasteiger charge is 2.56. The number of carbonyl (C=O) groups is 4. The van der Waals surface area contributed by atoms with Crippen molar-refractivity contribution in [2.24, 2.45) is 11.1 Å². The molecule has 1 aliphatic heterocycles. The van der Waals surface area contributed by atoms with Gasteiger partial charge >= 0.3 is 12.0 Å². The van der Waals surface area contributed by atoms with Gasteiger partial charge in [-0.15, -0.1) is 0 Å². The average Bonchev–Trinajstić information content (AvgIpc) is 3.47. The lowest BCUT2D eigenvalue weighted by Crippen LogP contribution is -2.46. The van der Waals surface area contributed by atoms with Gasteiger partial charge in [0.15, 0.2) is 6.61 Å². The number of imide groups is 1. The van der Waals surface area contributed by atoms with Crippen LogP contribution in [-0.2, 0) is 29.1 Å². The fraction of sp³-hybridized carbons (Fsp3) is 0.444. The Kier molecular flexibility index (Phi) is 5.56. The zero-order chi connectivity index (χ0) is 22.3. The molecular formula is C18H22N4O7S. The molecule has 0 radical (unpaired) electrons. The number of sulfonamides is 1. The molecule has 11 nitrogen and oxygen atoms in total. The Morgan fingerprint density at radius 3 is 2.60 bits per heavy atom. The Hall–Kier alpha value is -2.99. The molecule has 1 heterocycles. The van der Waals surface area contributed by atoms with Crippen molar-refractivity contribution in [2.75, 3.05) is 18.5 Å². The number of esters is 1. The number of nitrogens with one attached hydrogen (secondary N) is 2. The van der Waals surface area contributed by atoms with Gasteiger partial charge in [0.2, 0.25) is 10.0 Å². The molecule has 3 rings (SSSR count). The van der Waals surface area contributed by atoms with E-state index in [0.717, 1.165) is 17.7 Å². The second-order valence-corrected chi connectivity index (χ2v) is 9.06. The van der Waals surface area contributed by atoms with Gasteiger partial charge < -0.3 is 15.4 Å². The molecule has 12 heteroatoms. The third kappa shape index (κ3) is 4.44. The largest absolute Gasteiger partial charge is 0.454 e. The molecule has 2 fully saturated rings. The molecular weight excluding hydrogens is 416 g/mol. The van der Waals surface area contributed by atoms with Crippen LogP contribution in [0.3, 0.4) is 0 Å². The SMILES string of the molecule is Cc1ccc(NC(=O)COC(=O)CN2C(=O)NC(C)(C3CC3)C2=O)cc1S(N)(=O)=O. The van der Waals surface area contributed by atoms with Gasteiger partial charge in [-0.25, -0.2) is 18.4 Å². The van der Waals surface area contributed by atoms with Gasteiger partial charge in [0, 0.05) is 5.69 Å². The predicted molar refractivity (Wildman–Crippen MR) is 104 cm³/mol. The number of hydrogen-bond acceptors (Lipinski definition) is 7. The summed E-state index contributed by atoms with van der Waals surface area (Å²) >= 11 is 0. The minimum atomic E-state index is -3.96. The minimum Gasteiger partial charge on any atom is -0.454 e. The third-order valence-electron chi connectivity index (χ3n) is 5.12. The van der Waals surface area contributed by atoms with Gasteiger partial charge in [0.05, 0.1) is 4.90 Å². The second kappa shape index (κ2) is 7.69. The summed E-state index contributed by atoms with van der Waals surface area (Å²) in [5.74, 6) is -2.10. The summed E-state index contributed by atoms with van der Waals surface area (Å²) in [7, 11) is -3.96. The first-order valence-electron chi connectivity index (χ1n) is 9.15. The number of carbonyl (C=O) groups excluding carboxylic acids is 4. The summed E-state index contributed by atoms with van der Waals surface area (Å²) < 4.78 is 27.9. The highest BCUT2D eigenvalue weighted by atomic mass is 32.2. The Morgan fingerprint density at radius 2 is 2.00 bits per heavy atom. The van der Waals surface area contributed by atoms with E-state index < -0.39 is 52.5 Å². The van der Waals surface area contributed by atoms with Crippen LogP contribution in [0.25, 0.3) is 0 Å². The number of ether oxygens (including phenoxy) is 1. The molecule has 1 unspecified atom stereocenters. The van der Waals surface area contributed by atoms with Crippen molar-refractivity contribution in [1.29, 1.82) is 0 Å². The zero-order valence-corrected chi connectivity index (χ0v) is 17.2. The van der Waals surface area contributed by atoms with Gasteiger partial charge in [-0.3, -0.25) is 19.3 Å². The lowest BCUT2D eigenvalue weighted by atomic mass is 9.96. The molecule has 1 aromatic rings. The summed E-state index contributed by atoms with van der Waals surface area (Å²) in [6.45, 7) is 1.89. The zero-order valence-electron chi connectivity index (χ0n) is 16.4. The lowest BCUT2D eigenvalue weighted by Gasteiger charge is -2.20. The molecule has 0 bridgehead atoms. The standard InChI is InChI=1S/C18H22N4O7S/c1-10-3-6-12(7-13(10)30(19,27)28)20-14(23)9-29-15(24)8-22-16(25)18(2,11-4-5-11)21-17(22)26/h3,6-7,11H,4-5,8-9H2,1-2H3,(H,20,23)(H,21,26)(H2,19,27,28). The number of urea groups is 1. The van der Waals surface area contributed by atoms with Crippen molar-refractivity contribution in [3.8, 4) is 0 Å². The summed E-state index contributed by atoms with van der Waals surface area (Å²) in [6.07, 6.45) is 1.65. The Bertz CT molecular complexity index is 1030. The Balaban J connectivity index is 1.53. The molecule has 2 aliphatic rings. The molecule has 0 aromatic heterocycles. The average molecular weight is 438 g/mol. The number of primary sulfonamides is 1. The van der Waals surface area contributed by atoms with E-state index in [4.69, 9.17) is 9.88 Å². The molecule has 1 saturated heterocycles. The number of hydrogen-bond donors (Lipinski definition) is 3. The molecule has 1 saturated carbocycles. The Labute approximate surface area is 173 Å². The van der Waals surface area contributed by atoms with Gasteiger partial charge in [-0.05, 0) is 50.3 Å². The second-order valence-electron chi connectivity index (χ2n) is 7.53. The highest BCUT2D eigenvalue weighted by molar-refractivity contribution is 7.89. The molecule has 1 aromatic carbocycles. The maximum Gasteiger partial charge on any atom is 0.326 e. The van der Waals surface area contributed by atoms with E-state index in [0.29, 0.717) is 5.56 Å². The number of nitrogens with zero attached hydrogens (tertiary/aromatic N) is 1. The minimum absolute atomic E-state index is 0.0532. The van der Waals surface area contributed by atoms with Crippen LogP contribution in [-0.4, -0.2) is 55.8 Å². The molecule has 4 N–H and O–H groups in total. The molecule has 1 atom stereocenters. The monoisotopic (exact) mass is 438 g/mol. The van der Waals surface area contributed by atoms with Gasteiger partial charge in [-0.2, -0.15) is 0 Å². The molecule has 1 aliphatic carbocycles. The van der Waals surface area contributed by atoms with Crippen LogP contribution in [0.15, 0.2) is 23.1 Å². The molecule has 162 valence electrons. The van der Waals surface area contributed by atoms with Crippen molar-refractivity contribution in [1.82, 2.24) is 10.2 Å². The van der Waals surface area contributed by atoms with Crippen molar-refractivity contribution in [3.05, 3.63) is 23.8 Å². The first-order chi connectivity index (χ1) is 13.9. The quantitative estimate of drug-likeness (QED) is 0.393. The van der Waals surface area contributed by atoms with Crippen LogP contribution in [0.2, 0.25) is 0 Å². The van der Waals surface area contributed by atoms with E-state index in [1.807, 2.05) is 0 Å². The smallest absolute Gasteiger partial charge is 0.326 e. The van der Waals surface area contributed by atoms with E-state index in [2.05, 4.69) is 10.6 Å². The summed E-state index contributed by atoms with van der Waals surface area (Å²) in [4.78, 5) is 49.1. The van der Waals surface area contributed by atoms with E-state index in [1.54, 1.807) is 13.8 Å². The topological polar surface area (TPSA) is 165 Å². The van der Waals surface area contributed by atoms with Crippen LogP contribution in [0, 0.1) is 12.8 Å². The van der Waals surface area contributed by atoms with Crippen molar-refractivity contribution >= 4 is 39.5 Å². The number of anilines is 1. The number of benzene rings is 1. The molecule has 0 spiro atoms. The normalized spacial score (nSPS) is 21.4. The van der Waals surface area contributed by atoms with Crippen LogP contribution < -0.4 is 15.8 Å². The van der Waals surface area contributed by atoms with Crippen molar-refractivity contribution < 1.29 is 32.3 Å². The summed E-state index contributed by atoms with van der Waals surface area (Å²) in [5.41, 5.74) is -0.449. The maximum absolute atomic E-state index is 12.5. The first-order valence-corrected chi connectivity index (χ1v) is 10.7. The van der Waals surface area contributed by atoms with Crippen LogP contribution >= 0.6 is 0 Å². The van der Waals surface area contributed by atoms with Gasteiger partial charge in [-0.1, -0.05) is 6.07 Å². The van der Waals surface area contributed by atoms with E-state index >= 15 is 0 Å². The van der Waals surface area contributed by atoms with Gasteiger partial charge in [0.25, 0.3) is 11.8 Å². The van der Waals surface area contributed by atoms with E-state index in [9.17, 15) is 27.6 Å². The Morgan fingerprint density at radius 1 is 1.33 bits per heavy atom. The predicted octanol–water partition coefficient (Wildman–Crippen LogP) is -0.155. The highest BCUT2D eigenvalue weighted by Crippen LogP contribution is 2.42. The van der Waals surface area contributed by atoms with Crippen molar-refractivity contribution in [3.63, 3.8) is 0 Å². The third-order valence-corrected chi connectivity index (χ3v) is 6.18. The fourth-order valence-corrected chi connectivity index (χ4v) is 4.11. The fourth-order valence-electron chi connectivity index (χ4n) is 3.30. The van der Waals surface area contributed by atoms with Gasteiger partial charge in [0.1, 0.15) is 12.1 Å². The number of amides is 4. The summed E-state index contributed by atoms with van der Waals surface area (Å²) in [5, 5.41) is 10.1. The first kappa shape index (κ1) is 21.7. The van der Waals surface area contributed by atoms with Crippen LogP contribution in [0.4, 0.5) is 10.5 Å². The van der Waals surface area contributed by atoms with Crippen molar-refractivity contribution in [2.45, 2.75) is 37.1 Å². The lowest BCUT2D eigenvalue weighted by molar-refractivity contribution is -0.150. The number of aryl methyl sites for hydroxylation is 1. The maximum atomic E-state index is 12.5. The number of nitrogens with two attached hydrogens (primary N) is 1.